The number of nitrogens with zero attached hydrogens (tertiary/aromatic N) is 3. The molecule has 0 fully saturated rings. The third-order valence-corrected chi connectivity index (χ3v) is 9.07. The molecule has 0 aliphatic rings. The topological polar surface area (TPSA) is 38.7 Å². The van der Waals surface area contributed by atoms with Crippen LogP contribution in [-0.2, 0) is 0 Å². The van der Waals surface area contributed by atoms with Crippen LogP contribution >= 0.6 is 0 Å². The van der Waals surface area contributed by atoms with Crippen LogP contribution in [0.3, 0.4) is 0 Å². The van der Waals surface area contributed by atoms with Crippen molar-refractivity contribution in [1.82, 2.24) is 15.0 Å². The number of rotatable bonds is 5. The first-order valence-corrected chi connectivity index (χ1v) is 16.2. The maximum Gasteiger partial charge on any atom is 0.164 e. The van der Waals surface area contributed by atoms with Gasteiger partial charge in [-0.25, -0.2) is 15.0 Å². The molecule has 1 heterocycles. The Morgan fingerprint density at radius 2 is 0.750 bits per heavy atom. The Labute approximate surface area is 278 Å². The van der Waals surface area contributed by atoms with E-state index < -0.39 is 0 Å². The second-order valence-electron chi connectivity index (χ2n) is 12.1. The molecule has 1 aromatic heterocycles. The third-order valence-electron chi connectivity index (χ3n) is 9.07. The van der Waals surface area contributed by atoms with Gasteiger partial charge in [0.15, 0.2) is 17.5 Å². The van der Waals surface area contributed by atoms with Gasteiger partial charge >= 0.3 is 0 Å². The summed E-state index contributed by atoms with van der Waals surface area (Å²) in [6.07, 6.45) is 0. The standard InChI is InChI=1S/C45H29N3/c1-3-12-32(13-4-1)43-46-44(33-14-5-2-6-15-33)48-45(47-43)39-26-25-36-27-35(23-24-37(36)29-39)34-17-9-18-38(28-34)41-20-10-16-31-22-21-30-11-7-8-19-40(30)42(31)41/h1-29H. The summed E-state index contributed by atoms with van der Waals surface area (Å²) in [6.45, 7) is 0. The first-order valence-electron chi connectivity index (χ1n) is 16.2. The lowest BCUT2D eigenvalue weighted by atomic mass is 9.92. The highest BCUT2D eigenvalue weighted by molar-refractivity contribution is 6.14. The average molecular weight is 612 g/mol. The molecule has 0 radical (unpaired) electrons. The van der Waals surface area contributed by atoms with Gasteiger partial charge in [-0.1, -0.05) is 158 Å². The highest BCUT2D eigenvalue weighted by Crippen LogP contribution is 2.37. The van der Waals surface area contributed by atoms with Crippen LogP contribution < -0.4 is 0 Å². The third kappa shape index (κ3) is 5.08. The largest absolute Gasteiger partial charge is 0.208 e. The molecule has 0 amide bonds. The van der Waals surface area contributed by atoms with Crippen molar-refractivity contribution in [3.8, 4) is 56.4 Å². The number of fused-ring (bicyclic) bond motifs is 4. The highest BCUT2D eigenvalue weighted by Gasteiger charge is 2.13. The first-order chi connectivity index (χ1) is 23.8. The number of benzene rings is 8. The van der Waals surface area contributed by atoms with Crippen molar-refractivity contribution in [3.05, 3.63) is 176 Å². The molecule has 224 valence electrons. The van der Waals surface area contributed by atoms with Gasteiger partial charge < -0.3 is 0 Å². The van der Waals surface area contributed by atoms with Crippen LogP contribution in [0.5, 0.6) is 0 Å². The van der Waals surface area contributed by atoms with Crippen molar-refractivity contribution in [3.63, 3.8) is 0 Å². The molecule has 8 aromatic carbocycles. The SMILES string of the molecule is c1ccc(-c2nc(-c3ccccc3)nc(-c3ccc4cc(-c5cccc(-c6cccc7ccc8ccccc8c67)c5)ccc4c3)n2)cc1. The number of hydrogen-bond acceptors (Lipinski definition) is 3. The summed E-state index contributed by atoms with van der Waals surface area (Å²) in [5, 5.41) is 7.38. The van der Waals surface area contributed by atoms with E-state index >= 15 is 0 Å². The molecule has 9 aromatic rings. The molecule has 0 atom stereocenters. The van der Waals surface area contributed by atoms with Crippen molar-refractivity contribution in [1.29, 1.82) is 0 Å². The number of hydrogen-bond donors (Lipinski definition) is 0. The summed E-state index contributed by atoms with van der Waals surface area (Å²) in [5.41, 5.74) is 7.71. The van der Waals surface area contributed by atoms with E-state index in [0.717, 1.165) is 22.1 Å². The average Bonchev–Trinajstić information content (AvgIpc) is 3.17. The molecule has 0 unspecified atom stereocenters. The summed E-state index contributed by atoms with van der Waals surface area (Å²) < 4.78 is 0. The van der Waals surface area contributed by atoms with Crippen molar-refractivity contribution < 1.29 is 0 Å². The lowest BCUT2D eigenvalue weighted by molar-refractivity contribution is 1.07. The molecule has 0 saturated carbocycles. The molecule has 0 N–H and O–H groups in total. The zero-order valence-corrected chi connectivity index (χ0v) is 26.1. The van der Waals surface area contributed by atoms with Gasteiger partial charge in [-0.05, 0) is 72.8 Å². The molecule has 0 spiro atoms. The fourth-order valence-corrected chi connectivity index (χ4v) is 6.67. The number of aromatic nitrogens is 3. The van der Waals surface area contributed by atoms with Gasteiger partial charge in [0.05, 0.1) is 0 Å². The predicted molar refractivity (Wildman–Crippen MR) is 200 cm³/mol. The fourth-order valence-electron chi connectivity index (χ4n) is 6.67. The summed E-state index contributed by atoms with van der Waals surface area (Å²) >= 11 is 0. The van der Waals surface area contributed by atoms with Gasteiger partial charge in [-0.3, -0.25) is 0 Å². The van der Waals surface area contributed by atoms with E-state index in [0.29, 0.717) is 17.5 Å². The molecule has 0 saturated heterocycles. The molecular weight excluding hydrogens is 583 g/mol. The fraction of sp³-hybridized carbons (Fsp3) is 0. The van der Waals surface area contributed by atoms with E-state index in [9.17, 15) is 0 Å². The second-order valence-corrected chi connectivity index (χ2v) is 12.1. The maximum atomic E-state index is 4.93. The Hall–Kier alpha value is -6.45. The minimum atomic E-state index is 0.656. The lowest BCUT2D eigenvalue weighted by Crippen LogP contribution is -2.00. The van der Waals surface area contributed by atoms with Gasteiger partial charge in [-0.2, -0.15) is 0 Å². The Balaban J connectivity index is 1.11. The van der Waals surface area contributed by atoms with Crippen LogP contribution in [0.15, 0.2) is 176 Å². The van der Waals surface area contributed by atoms with Crippen molar-refractivity contribution in [2.24, 2.45) is 0 Å². The first kappa shape index (κ1) is 27.8. The van der Waals surface area contributed by atoms with Crippen LogP contribution in [0, 0.1) is 0 Å². The van der Waals surface area contributed by atoms with Crippen molar-refractivity contribution in [2.45, 2.75) is 0 Å². The quantitative estimate of drug-likeness (QED) is 0.182. The van der Waals surface area contributed by atoms with Crippen LogP contribution in [-0.4, -0.2) is 15.0 Å². The van der Waals surface area contributed by atoms with E-state index in [1.54, 1.807) is 0 Å². The van der Waals surface area contributed by atoms with Gasteiger partial charge in [0, 0.05) is 16.7 Å². The van der Waals surface area contributed by atoms with Crippen molar-refractivity contribution >= 4 is 32.3 Å². The van der Waals surface area contributed by atoms with E-state index in [1.165, 1.54) is 49.2 Å². The van der Waals surface area contributed by atoms with Gasteiger partial charge in [-0.15, -0.1) is 0 Å². The second kappa shape index (κ2) is 11.7. The van der Waals surface area contributed by atoms with Crippen LogP contribution in [0.4, 0.5) is 0 Å². The van der Waals surface area contributed by atoms with Gasteiger partial charge in [0.1, 0.15) is 0 Å². The lowest BCUT2D eigenvalue weighted by Gasteiger charge is -2.12. The van der Waals surface area contributed by atoms with Crippen LogP contribution in [0.2, 0.25) is 0 Å². The normalized spacial score (nSPS) is 11.3. The molecule has 0 aliphatic carbocycles. The van der Waals surface area contributed by atoms with E-state index in [4.69, 9.17) is 15.0 Å². The molecule has 48 heavy (non-hydrogen) atoms. The Bertz CT molecular complexity index is 2550. The molecule has 0 aliphatic heterocycles. The van der Waals surface area contributed by atoms with Crippen molar-refractivity contribution in [2.75, 3.05) is 0 Å². The molecule has 3 nitrogen and oxygen atoms in total. The van der Waals surface area contributed by atoms with Gasteiger partial charge in [0.25, 0.3) is 0 Å². The zero-order chi connectivity index (χ0) is 31.9. The molecule has 9 rings (SSSR count). The molecule has 0 bridgehead atoms. The minimum absolute atomic E-state index is 0.656. The zero-order valence-electron chi connectivity index (χ0n) is 26.1. The van der Waals surface area contributed by atoms with Crippen LogP contribution in [0.25, 0.3) is 88.7 Å². The predicted octanol–water partition coefficient (Wildman–Crippen LogP) is 11.7. The Kier molecular flexibility index (Phi) is 6.80. The molecule has 3 heteroatoms. The van der Waals surface area contributed by atoms with Gasteiger partial charge in [0.2, 0.25) is 0 Å². The summed E-state index contributed by atoms with van der Waals surface area (Å²) in [7, 11) is 0. The smallest absolute Gasteiger partial charge is 0.164 e. The minimum Gasteiger partial charge on any atom is -0.208 e. The Morgan fingerprint density at radius 3 is 1.48 bits per heavy atom. The molecular formula is C45H29N3. The summed E-state index contributed by atoms with van der Waals surface area (Å²) in [5.74, 6) is 1.98. The van der Waals surface area contributed by atoms with E-state index in [1.807, 2.05) is 60.7 Å². The Morgan fingerprint density at radius 1 is 0.271 bits per heavy atom. The summed E-state index contributed by atoms with van der Waals surface area (Å²) in [6, 6.07) is 61.9. The maximum absolute atomic E-state index is 4.93. The summed E-state index contributed by atoms with van der Waals surface area (Å²) in [4.78, 5) is 14.7. The monoisotopic (exact) mass is 611 g/mol. The van der Waals surface area contributed by atoms with E-state index in [2.05, 4.69) is 115 Å². The van der Waals surface area contributed by atoms with E-state index in [-0.39, 0.29) is 0 Å². The van der Waals surface area contributed by atoms with Crippen LogP contribution in [0.1, 0.15) is 0 Å². The highest BCUT2D eigenvalue weighted by atomic mass is 15.0.